The Bertz CT molecular complexity index is 1170. The first-order chi connectivity index (χ1) is 16.8. The molecule has 10 nitrogen and oxygen atoms in total. The zero-order chi connectivity index (χ0) is 24.7. The van der Waals surface area contributed by atoms with E-state index in [9.17, 15) is 14.4 Å². The quantitative estimate of drug-likeness (QED) is 0.652. The Morgan fingerprint density at radius 3 is 2.66 bits per heavy atom. The molecule has 1 fully saturated rings. The second kappa shape index (κ2) is 8.90. The third kappa shape index (κ3) is 4.11. The van der Waals surface area contributed by atoms with Crippen LogP contribution >= 0.6 is 0 Å². The summed E-state index contributed by atoms with van der Waals surface area (Å²) < 4.78 is 17.4. The lowest BCUT2D eigenvalue weighted by molar-refractivity contribution is -0.127. The molecule has 0 saturated heterocycles. The molecule has 2 aliphatic heterocycles. The largest absolute Gasteiger partial charge is 0.461 e. The molecule has 0 spiro atoms. The molecule has 0 bridgehead atoms. The van der Waals surface area contributed by atoms with E-state index in [1.54, 1.807) is 32.0 Å². The Morgan fingerprint density at radius 1 is 1.17 bits per heavy atom. The van der Waals surface area contributed by atoms with Gasteiger partial charge in [0.05, 0.1) is 13.2 Å². The summed E-state index contributed by atoms with van der Waals surface area (Å²) in [5, 5.41) is 7.49. The Labute approximate surface area is 203 Å². The molecule has 1 atom stereocenters. The van der Waals surface area contributed by atoms with Crippen molar-refractivity contribution in [3.63, 3.8) is 0 Å². The van der Waals surface area contributed by atoms with Crippen molar-refractivity contribution < 1.29 is 28.6 Å². The summed E-state index contributed by atoms with van der Waals surface area (Å²) in [5.74, 6) is 0.420. The van der Waals surface area contributed by atoms with Crippen molar-refractivity contribution in [1.82, 2.24) is 15.1 Å². The van der Waals surface area contributed by atoms with Crippen molar-refractivity contribution in [2.75, 3.05) is 18.3 Å². The van der Waals surface area contributed by atoms with Crippen LogP contribution in [0.3, 0.4) is 0 Å². The van der Waals surface area contributed by atoms with Gasteiger partial charge in [-0.2, -0.15) is 5.10 Å². The maximum atomic E-state index is 13.8. The van der Waals surface area contributed by atoms with E-state index < -0.39 is 17.4 Å². The summed E-state index contributed by atoms with van der Waals surface area (Å²) >= 11 is 0. The lowest BCUT2D eigenvalue weighted by Gasteiger charge is -2.44. The van der Waals surface area contributed by atoms with Gasteiger partial charge < -0.3 is 19.5 Å². The summed E-state index contributed by atoms with van der Waals surface area (Å²) in [7, 11) is 0. The van der Waals surface area contributed by atoms with Crippen LogP contribution in [0.2, 0.25) is 0 Å². The van der Waals surface area contributed by atoms with E-state index in [1.165, 1.54) is 15.6 Å². The number of hydrogen-bond donors (Lipinski definition) is 1. The fraction of sp³-hybridized carbons (Fsp3) is 0.520. The zero-order valence-corrected chi connectivity index (χ0v) is 20.2. The highest BCUT2D eigenvalue weighted by Gasteiger charge is 2.50. The van der Waals surface area contributed by atoms with E-state index in [2.05, 4.69) is 17.3 Å². The maximum Gasteiger partial charge on any atom is 0.358 e. The van der Waals surface area contributed by atoms with Crippen LogP contribution < -0.4 is 19.7 Å². The number of aromatic nitrogens is 2. The first-order valence-electron chi connectivity index (χ1n) is 12.1. The summed E-state index contributed by atoms with van der Waals surface area (Å²) in [6.07, 6.45) is 3.92. The fourth-order valence-electron chi connectivity index (χ4n) is 5.06. The Morgan fingerprint density at radius 2 is 1.91 bits per heavy atom. The third-order valence-corrected chi connectivity index (χ3v) is 7.09. The second-order valence-corrected chi connectivity index (χ2v) is 9.68. The summed E-state index contributed by atoms with van der Waals surface area (Å²) in [6.45, 7) is 6.02. The van der Waals surface area contributed by atoms with Crippen LogP contribution in [0.1, 0.15) is 67.4 Å². The van der Waals surface area contributed by atoms with Crippen LogP contribution in [-0.4, -0.2) is 52.5 Å². The first-order valence-corrected chi connectivity index (χ1v) is 12.1. The van der Waals surface area contributed by atoms with Gasteiger partial charge >= 0.3 is 5.97 Å². The van der Waals surface area contributed by atoms with Gasteiger partial charge in [-0.15, -0.1) is 0 Å². The number of hydrogen-bond acceptors (Lipinski definition) is 7. The number of amides is 2. The van der Waals surface area contributed by atoms with Crippen molar-refractivity contribution in [3.8, 4) is 11.5 Å². The van der Waals surface area contributed by atoms with Gasteiger partial charge in [-0.25, -0.2) is 4.79 Å². The van der Waals surface area contributed by atoms with Gasteiger partial charge in [0.1, 0.15) is 11.2 Å². The molecule has 2 amide bonds. The van der Waals surface area contributed by atoms with Gasteiger partial charge in [0, 0.05) is 23.9 Å². The highest BCUT2D eigenvalue weighted by molar-refractivity contribution is 6.12. The molecule has 2 aromatic rings. The molecule has 35 heavy (non-hydrogen) atoms. The van der Waals surface area contributed by atoms with Crippen LogP contribution in [-0.2, 0) is 16.1 Å². The van der Waals surface area contributed by atoms with Crippen LogP contribution in [0.15, 0.2) is 24.3 Å². The minimum Gasteiger partial charge on any atom is -0.461 e. The predicted molar refractivity (Wildman–Crippen MR) is 126 cm³/mol. The number of fused-ring (bicyclic) bond motifs is 2. The monoisotopic (exact) mass is 482 g/mol. The van der Waals surface area contributed by atoms with Gasteiger partial charge in [-0.1, -0.05) is 6.92 Å². The number of carbonyl (C=O) groups excluding carboxylic acids is 3. The number of ether oxygens (including phenoxy) is 3. The van der Waals surface area contributed by atoms with E-state index in [0.29, 0.717) is 23.1 Å². The maximum absolute atomic E-state index is 13.8. The SMILES string of the molecule is CCOC(=O)c1cc2n(n1)CC(C)(C(=O)NC1CCC(C)CC1)N(c1ccc3c(c1)OCO3)C2=O. The van der Waals surface area contributed by atoms with Crippen molar-refractivity contribution >= 4 is 23.5 Å². The summed E-state index contributed by atoms with van der Waals surface area (Å²) in [4.78, 5) is 41.4. The average Bonchev–Trinajstić information content (AvgIpc) is 3.47. The standard InChI is InChI=1S/C25H30N4O6/c1-4-33-23(31)18-12-19-22(30)29(17-9-10-20-21(11-17)35-14-34-20)25(3,13-28(19)27-18)24(32)26-16-7-5-15(2)6-8-16/h9-12,15-16H,4-8,13-14H2,1-3H3,(H,26,32). The van der Waals surface area contributed by atoms with Crippen molar-refractivity contribution in [1.29, 1.82) is 0 Å². The molecule has 186 valence electrons. The van der Waals surface area contributed by atoms with Gasteiger partial charge in [0.25, 0.3) is 5.91 Å². The van der Waals surface area contributed by atoms with Crippen LogP contribution in [0.25, 0.3) is 0 Å². The highest BCUT2D eigenvalue weighted by atomic mass is 16.7. The van der Waals surface area contributed by atoms with Gasteiger partial charge in [0.15, 0.2) is 17.2 Å². The molecule has 1 saturated carbocycles. The predicted octanol–water partition coefficient (Wildman–Crippen LogP) is 2.90. The number of benzene rings is 1. The lowest BCUT2D eigenvalue weighted by atomic mass is 9.86. The Balaban J connectivity index is 1.52. The normalized spacial score (nSPS) is 25.2. The van der Waals surface area contributed by atoms with Gasteiger partial charge in [-0.3, -0.25) is 19.2 Å². The van der Waals surface area contributed by atoms with E-state index in [-0.39, 0.29) is 43.3 Å². The molecule has 10 heteroatoms. The molecule has 3 aliphatic rings. The molecule has 1 N–H and O–H groups in total. The average molecular weight is 483 g/mol. The van der Waals surface area contributed by atoms with Gasteiger partial charge in [-0.05, 0) is 57.6 Å². The molecular weight excluding hydrogens is 452 g/mol. The minimum absolute atomic E-state index is 0.0340. The Kier molecular flexibility index (Phi) is 5.90. The molecular formula is C25H30N4O6. The van der Waals surface area contributed by atoms with E-state index >= 15 is 0 Å². The van der Waals surface area contributed by atoms with Gasteiger partial charge in [0.2, 0.25) is 12.7 Å². The summed E-state index contributed by atoms with van der Waals surface area (Å²) in [5.41, 5.74) is -0.549. The minimum atomic E-state index is -1.29. The first kappa shape index (κ1) is 23.2. The summed E-state index contributed by atoms with van der Waals surface area (Å²) in [6, 6.07) is 6.63. The number of esters is 1. The topological polar surface area (TPSA) is 112 Å². The zero-order valence-electron chi connectivity index (χ0n) is 20.2. The van der Waals surface area contributed by atoms with E-state index in [4.69, 9.17) is 14.2 Å². The number of rotatable bonds is 5. The van der Waals surface area contributed by atoms with Crippen molar-refractivity contribution in [2.24, 2.45) is 5.92 Å². The molecule has 1 unspecified atom stereocenters. The van der Waals surface area contributed by atoms with Crippen molar-refractivity contribution in [3.05, 3.63) is 35.7 Å². The molecule has 1 aliphatic carbocycles. The second-order valence-electron chi connectivity index (χ2n) is 9.68. The molecule has 1 aromatic carbocycles. The molecule has 0 radical (unpaired) electrons. The van der Waals surface area contributed by atoms with Crippen LogP contribution in [0.4, 0.5) is 5.69 Å². The van der Waals surface area contributed by atoms with Crippen LogP contribution in [0, 0.1) is 5.92 Å². The highest BCUT2D eigenvalue weighted by Crippen LogP contribution is 2.40. The van der Waals surface area contributed by atoms with E-state index in [0.717, 1.165) is 25.7 Å². The molecule has 3 heterocycles. The third-order valence-electron chi connectivity index (χ3n) is 7.09. The fourth-order valence-corrected chi connectivity index (χ4v) is 5.06. The van der Waals surface area contributed by atoms with E-state index in [1.807, 2.05) is 0 Å². The Hall–Kier alpha value is -3.56. The number of nitrogens with zero attached hydrogens (tertiary/aromatic N) is 3. The number of nitrogens with one attached hydrogen (secondary N) is 1. The number of carbonyl (C=O) groups is 3. The molecule has 5 rings (SSSR count). The lowest BCUT2D eigenvalue weighted by Crippen LogP contribution is -2.65. The number of anilines is 1. The smallest absolute Gasteiger partial charge is 0.358 e. The van der Waals surface area contributed by atoms with Crippen molar-refractivity contribution in [2.45, 2.75) is 64.6 Å². The molecule has 1 aromatic heterocycles. The van der Waals surface area contributed by atoms with Crippen LogP contribution in [0.5, 0.6) is 11.5 Å².